The topological polar surface area (TPSA) is 143 Å². The summed E-state index contributed by atoms with van der Waals surface area (Å²) < 4.78 is 9.85. The minimum Gasteiger partial charge on any atom is -0.469 e. The van der Waals surface area contributed by atoms with Gasteiger partial charge in [0.1, 0.15) is 0 Å². The molecule has 3 N–H and O–H groups in total. The lowest BCUT2D eigenvalue weighted by Crippen LogP contribution is -2.30. The quantitative estimate of drug-likeness (QED) is 0.313. The summed E-state index contributed by atoms with van der Waals surface area (Å²) in [5.74, 6) is -0.838. The van der Waals surface area contributed by atoms with E-state index in [1.165, 1.54) is 14.2 Å². The third-order valence-corrected chi connectivity index (χ3v) is 9.16. The van der Waals surface area contributed by atoms with Crippen molar-refractivity contribution in [2.24, 2.45) is 4.99 Å². The molecule has 0 spiro atoms. The number of carbonyl (C=O) groups is 4. The monoisotopic (exact) mass is 616 g/mol. The molecule has 10 heteroatoms. The van der Waals surface area contributed by atoms with E-state index in [1.54, 1.807) is 0 Å². The summed E-state index contributed by atoms with van der Waals surface area (Å²) in [5.41, 5.74) is 9.76. The van der Waals surface area contributed by atoms with Gasteiger partial charge in [-0.15, -0.1) is 0 Å². The summed E-state index contributed by atoms with van der Waals surface area (Å²) >= 11 is 0. The Labute approximate surface area is 263 Å². The van der Waals surface area contributed by atoms with E-state index in [9.17, 15) is 19.2 Å². The minimum atomic E-state index is -0.311. The van der Waals surface area contributed by atoms with Gasteiger partial charge < -0.3 is 24.8 Å². The van der Waals surface area contributed by atoms with Gasteiger partial charge in [-0.05, 0) is 98.9 Å². The minimum absolute atomic E-state index is 0.0208. The molecule has 0 aromatic carbocycles. The molecule has 0 radical (unpaired) electrons. The maximum atomic E-state index is 12.5. The fourth-order valence-corrected chi connectivity index (χ4v) is 6.30. The number of nitrogens with one attached hydrogen (secondary N) is 3. The van der Waals surface area contributed by atoms with Crippen LogP contribution in [-0.2, 0) is 47.9 Å². The Morgan fingerprint density at radius 3 is 2.00 bits per heavy atom. The van der Waals surface area contributed by atoms with E-state index >= 15 is 0 Å². The zero-order chi connectivity index (χ0) is 33.0. The number of methoxy groups -OCH3 is 2. The van der Waals surface area contributed by atoms with E-state index in [0.717, 1.165) is 61.1 Å². The molecule has 0 saturated heterocycles. The molecule has 10 nitrogen and oxygen atoms in total. The van der Waals surface area contributed by atoms with E-state index in [-0.39, 0.29) is 42.6 Å². The average molecular weight is 617 g/mol. The maximum Gasteiger partial charge on any atom is 0.305 e. The Hall–Kier alpha value is -4.47. The molecule has 240 valence electrons. The van der Waals surface area contributed by atoms with Gasteiger partial charge in [0.15, 0.2) is 0 Å². The Morgan fingerprint density at radius 1 is 0.822 bits per heavy atom. The molecule has 2 aliphatic rings. The van der Waals surface area contributed by atoms with Crippen molar-refractivity contribution in [2.45, 2.75) is 92.5 Å². The van der Waals surface area contributed by atoms with Crippen LogP contribution in [0.2, 0.25) is 0 Å². The lowest BCUT2D eigenvalue weighted by atomic mass is 9.98. The van der Waals surface area contributed by atoms with Gasteiger partial charge in [-0.1, -0.05) is 13.8 Å². The zero-order valence-corrected chi connectivity index (χ0v) is 27.6. The normalized spacial score (nSPS) is 17.5. The van der Waals surface area contributed by atoms with Crippen molar-refractivity contribution in [2.75, 3.05) is 14.2 Å². The van der Waals surface area contributed by atoms with Crippen LogP contribution in [0.1, 0.15) is 87.0 Å². The molecule has 0 fully saturated rings. The van der Waals surface area contributed by atoms with Gasteiger partial charge in [0.2, 0.25) is 5.91 Å². The smallest absolute Gasteiger partial charge is 0.305 e. The highest BCUT2D eigenvalue weighted by molar-refractivity contribution is 6.30. The lowest BCUT2D eigenvalue weighted by Gasteiger charge is -2.12. The van der Waals surface area contributed by atoms with Crippen LogP contribution in [0, 0.1) is 13.8 Å². The number of carbonyl (C=O) groups excluding carboxylic acids is 4. The molecule has 2 aromatic heterocycles. The Bertz CT molecular complexity index is 1760. The molecule has 0 saturated carbocycles. The second kappa shape index (κ2) is 14.1. The molecule has 2 aromatic rings. The summed E-state index contributed by atoms with van der Waals surface area (Å²) in [6.45, 7) is 11.8. The number of amides is 2. The fraction of sp³-hybridized carbons (Fsp3) is 0.457. The molecule has 0 bridgehead atoms. The van der Waals surface area contributed by atoms with Crippen molar-refractivity contribution in [3.63, 3.8) is 0 Å². The second-order valence-corrected chi connectivity index (χ2v) is 11.6. The number of hydrogen-bond acceptors (Lipinski definition) is 6. The standard InChI is InChI=1S/C35H44N4O6/c1-9-22-18(3)28(38-34(22)42)15-26-20(5)24(11-13-32(40)44-7)30(36-26)17-31-25(12-14-33(41)45-8)21(6)27(37-31)16-29-19(4)23(10-2)35(43)39-29/h15,17,29,36-37H,9-14,16H2,1-8H3,(H,39,43)/b26-15+,30-17-/t29-/m1/s1. The van der Waals surface area contributed by atoms with Crippen LogP contribution < -0.4 is 16.0 Å². The zero-order valence-electron chi connectivity index (χ0n) is 27.6. The van der Waals surface area contributed by atoms with Gasteiger partial charge in [0, 0.05) is 52.5 Å². The molecule has 4 heterocycles. The average Bonchev–Trinajstić information content (AvgIpc) is 3.66. The first-order valence-electron chi connectivity index (χ1n) is 15.5. The molecule has 2 amide bonds. The predicted molar refractivity (Wildman–Crippen MR) is 173 cm³/mol. The van der Waals surface area contributed by atoms with Crippen molar-refractivity contribution < 1.29 is 28.7 Å². The van der Waals surface area contributed by atoms with Gasteiger partial charge in [-0.25, -0.2) is 4.99 Å². The number of allylic oxidation sites excluding steroid dienone is 1. The van der Waals surface area contributed by atoms with Gasteiger partial charge in [-0.3, -0.25) is 19.2 Å². The summed E-state index contributed by atoms with van der Waals surface area (Å²) in [7, 11) is 2.75. The summed E-state index contributed by atoms with van der Waals surface area (Å²) in [6, 6.07) is -0.116. The molecule has 0 aliphatic carbocycles. The second-order valence-electron chi connectivity index (χ2n) is 11.6. The van der Waals surface area contributed by atoms with Crippen molar-refractivity contribution in [3.05, 3.63) is 66.6 Å². The van der Waals surface area contributed by atoms with Gasteiger partial charge in [0.05, 0.1) is 26.0 Å². The summed E-state index contributed by atoms with van der Waals surface area (Å²) in [4.78, 5) is 60.6. The van der Waals surface area contributed by atoms with E-state index in [2.05, 4.69) is 20.3 Å². The van der Waals surface area contributed by atoms with Crippen LogP contribution in [0.4, 0.5) is 0 Å². The molecular formula is C35H44N4O6. The highest BCUT2D eigenvalue weighted by Crippen LogP contribution is 2.27. The molecule has 0 unspecified atom stereocenters. The van der Waals surface area contributed by atoms with E-state index in [4.69, 9.17) is 9.47 Å². The Morgan fingerprint density at radius 2 is 1.44 bits per heavy atom. The number of ether oxygens (including phenoxy) is 2. The summed E-state index contributed by atoms with van der Waals surface area (Å²) in [5, 5.41) is 4.71. The van der Waals surface area contributed by atoms with Gasteiger partial charge >= 0.3 is 11.9 Å². The SMILES string of the molecule is CCC1=C(C)C(/C=c2/[nH]/c(=C\c3[nH]c(C[C@H]4NC(=O)C(CC)=C4C)c(C)c3CCC(=O)OC)c(CCC(=O)OC)c2C)=NC1=O. The highest BCUT2D eigenvalue weighted by atomic mass is 16.5. The number of H-pyrrole nitrogens is 2. The lowest BCUT2D eigenvalue weighted by molar-refractivity contribution is -0.141. The first-order chi connectivity index (χ1) is 21.4. The maximum absolute atomic E-state index is 12.5. The summed E-state index contributed by atoms with van der Waals surface area (Å²) in [6.07, 6.45) is 7.09. The van der Waals surface area contributed by atoms with E-state index < -0.39 is 0 Å². The van der Waals surface area contributed by atoms with Crippen molar-refractivity contribution in [3.8, 4) is 0 Å². The van der Waals surface area contributed by atoms with Gasteiger partial charge in [0.25, 0.3) is 5.91 Å². The number of nitrogens with zero attached hydrogens (tertiary/aromatic N) is 1. The van der Waals surface area contributed by atoms with Crippen LogP contribution >= 0.6 is 0 Å². The van der Waals surface area contributed by atoms with Crippen LogP contribution in [0.5, 0.6) is 0 Å². The molecule has 4 rings (SSSR count). The number of aliphatic imine (C=N–C) groups is 1. The van der Waals surface area contributed by atoms with E-state index in [1.807, 2.05) is 53.7 Å². The van der Waals surface area contributed by atoms with Crippen LogP contribution in [0.15, 0.2) is 27.3 Å². The van der Waals surface area contributed by atoms with Crippen LogP contribution in [0.25, 0.3) is 12.2 Å². The first-order valence-corrected chi connectivity index (χ1v) is 15.5. The highest BCUT2D eigenvalue weighted by Gasteiger charge is 2.29. The van der Waals surface area contributed by atoms with E-state index in [0.29, 0.717) is 43.4 Å². The number of hydrogen-bond donors (Lipinski definition) is 3. The Kier molecular flexibility index (Phi) is 10.5. The largest absolute Gasteiger partial charge is 0.469 e. The van der Waals surface area contributed by atoms with Crippen LogP contribution in [0.3, 0.4) is 0 Å². The molecular weight excluding hydrogens is 572 g/mol. The van der Waals surface area contributed by atoms with Crippen molar-refractivity contribution in [1.82, 2.24) is 15.3 Å². The third kappa shape index (κ3) is 6.95. The molecule has 2 aliphatic heterocycles. The molecule has 45 heavy (non-hydrogen) atoms. The van der Waals surface area contributed by atoms with Crippen molar-refractivity contribution >= 4 is 41.6 Å². The fourth-order valence-electron chi connectivity index (χ4n) is 6.30. The molecule has 1 atom stereocenters. The predicted octanol–water partition coefficient (Wildman–Crippen LogP) is 3.26. The number of aromatic nitrogens is 2. The number of esters is 2. The van der Waals surface area contributed by atoms with Gasteiger partial charge in [-0.2, -0.15) is 0 Å². The Balaban J connectivity index is 1.85. The van der Waals surface area contributed by atoms with Crippen molar-refractivity contribution in [1.29, 1.82) is 0 Å². The third-order valence-electron chi connectivity index (χ3n) is 9.16. The first kappa shape index (κ1) is 33.4. The van der Waals surface area contributed by atoms with Crippen LogP contribution in [-0.4, -0.2) is 59.7 Å². The number of aromatic amines is 2. The number of rotatable bonds is 12.